The van der Waals surface area contributed by atoms with Crippen molar-refractivity contribution in [3.63, 3.8) is 0 Å². The standard InChI is InChI=1S/C15H17Cl2N3O2/c1-3-11(17)15(21)20(12-7-5-4-6-10(12)2)9-14-19-18-13(8-16)22-14/h4-7,11H,3,8-9H2,1-2H3. The van der Waals surface area contributed by atoms with Crippen molar-refractivity contribution in [2.75, 3.05) is 4.90 Å². The summed E-state index contributed by atoms with van der Waals surface area (Å²) < 4.78 is 5.40. The summed E-state index contributed by atoms with van der Waals surface area (Å²) >= 11 is 11.8. The first-order valence-electron chi connectivity index (χ1n) is 6.95. The lowest BCUT2D eigenvalue weighted by Crippen LogP contribution is -2.36. The van der Waals surface area contributed by atoms with E-state index < -0.39 is 5.38 Å². The molecule has 1 unspecified atom stereocenters. The topological polar surface area (TPSA) is 59.2 Å². The molecule has 1 aromatic carbocycles. The molecule has 0 aliphatic heterocycles. The van der Waals surface area contributed by atoms with Crippen LogP contribution in [0.3, 0.4) is 0 Å². The van der Waals surface area contributed by atoms with Gasteiger partial charge in [0.25, 0.3) is 0 Å². The van der Waals surface area contributed by atoms with E-state index in [0.717, 1.165) is 11.3 Å². The number of aryl methyl sites for hydroxylation is 1. The van der Waals surface area contributed by atoms with Crippen LogP contribution in [0.15, 0.2) is 28.7 Å². The molecule has 2 aromatic rings. The second-order valence-corrected chi connectivity index (χ2v) is 5.60. The molecular weight excluding hydrogens is 325 g/mol. The highest BCUT2D eigenvalue weighted by Crippen LogP contribution is 2.24. The van der Waals surface area contributed by atoms with E-state index in [-0.39, 0.29) is 18.3 Å². The Bertz CT molecular complexity index is 645. The Kier molecular flexibility index (Phi) is 5.80. The molecule has 0 aliphatic rings. The van der Waals surface area contributed by atoms with Gasteiger partial charge in [-0.05, 0) is 25.0 Å². The largest absolute Gasteiger partial charge is 0.422 e. The number of hydrogen-bond donors (Lipinski definition) is 0. The normalized spacial score (nSPS) is 12.2. The van der Waals surface area contributed by atoms with E-state index in [9.17, 15) is 4.79 Å². The second kappa shape index (κ2) is 7.61. The van der Waals surface area contributed by atoms with Crippen LogP contribution in [0.1, 0.15) is 30.7 Å². The lowest BCUT2D eigenvalue weighted by molar-refractivity contribution is -0.118. The first kappa shape index (κ1) is 16.8. The zero-order valence-corrected chi connectivity index (χ0v) is 13.9. The van der Waals surface area contributed by atoms with Crippen LogP contribution in [0.4, 0.5) is 5.69 Å². The Balaban J connectivity index is 2.33. The fourth-order valence-corrected chi connectivity index (χ4v) is 2.26. The molecule has 1 aromatic heterocycles. The molecule has 0 radical (unpaired) electrons. The quantitative estimate of drug-likeness (QED) is 0.752. The third-order valence-electron chi connectivity index (χ3n) is 3.22. The number of amides is 1. The van der Waals surface area contributed by atoms with Gasteiger partial charge in [-0.15, -0.1) is 33.4 Å². The number of aromatic nitrogens is 2. The Hall–Kier alpha value is -1.59. The van der Waals surface area contributed by atoms with Gasteiger partial charge in [-0.3, -0.25) is 4.79 Å². The van der Waals surface area contributed by atoms with Crippen LogP contribution in [-0.4, -0.2) is 21.5 Å². The smallest absolute Gasteiger partial charge is 0.245 e. The van der Waals surface area contributed by atoms with E-state index in [1.54, 1.807) is 4.90 Å². The molecule has 0 N–H and O–H groups in total. The van der Waals surface area contributed by atoms with Crippen LogP contribution < -0.4 is 4.90 Å². The number of anilines is 1. The van der Waals surface area contributed by atoms with Crippen LogP contribution >= 0.6 is 23.2 Å². The van der Waals surface area contributed by atoms with E-state index in [1.165, 1.54) is 0 Å². The number of benzene rings is 1. The third kappa shape index (κ3) is 3.78. The van der Waals surface area contributed by atoms with Gasteiger partial charge in [-0.2, -0.15) is 0 Å². The average molecular weight is 342 g/mol. The molecule has 1 atom stereocenters. The Morgan fingerprint density at radius 3 is 2.59 bits per heavy atom. The summed E-state index contributed by atoms with van der Waals surface area (Å²) in [6.07, 6.45) is 0.541. The molecule has 22 heavy (non-hydrogen) atoms. The second-order valence-electron chi connectivity index (χ2n) is 4.81. The maximum absolute atomic E-state index is 12.6. The third-order valence-corrected chi connectivity index (χ3v) is 3.94. The van der Waals surface area contributed by atoms with E-state index >= 15 is 0 Å². The molecular formula is C15H17Cl2N3O2. The van der Waals surface area contributed by atoms with Gasteiger partial charge in [0, 0.05) is 5.69 Å². The highest BCUT2D eigenvalue weighted by atomic mass is 35.5. The van der Waals surface area contributed by atoms with E-state index in [2.05, 4.69) is 10.2 Å². The van der Waals surface area contributed by atoms with Gasteiger partial charge in [0.1, 0.15) is 17.8 Å². The lowest BCUT2D eigenvalue weighted by Gasteiger charge is -2.24. The molecule has 118 valence electrons. The summed E-state index contributed by atoms with van der Waals surface area (Å²) in [5.41, 5.74) is 1.74. The summed E-state index contributed by atoms with van der Waals surface area (Å²) in [6, 6.07) is 7.59. The minimum absolute atomic E-state index is 0.137. The number of carbonyl (C=O) groups is 1. The number of halogens is 2. The number of para-hydroxylation sites is 1. The van der Waals surface area contributed by atoms with Crippen molar-refractivity contribution < 1.29 is 9.21 Å². The minimum atomic E-state index is -0.602. The van der Waals surface area contributed by atoms with Gasteiger partial charge in [0.15, 0.2) is 0 Å². The number of alkyl halides is 2. The molecule has 1 heterocycles. The van der Waals surface area contributed by atoms with Crippen LogP contribution in [0.2, 0.25) is 0 Å². The van der Waals surface area contributed by atoms with Crippen molar-refractivity contribution in [1.82, 2.24) is 10.2 Å². The Morgan fingerprint density at radius 2 is 2.00 bits per heavy atom. The minimum Gasteiger partial charge on any atom is -0.422 e. The first-order chi connectivity index (χ1) is 10.6. The van der Waals surface area contributed by atoms with E-state index in [4.69, 9.17) is 27.6 Å². The van der Waals surface area contributed by atoms with Crippen LogP contribution in [0, 0.1) is 6.92 Å². The van der Waals surface area contributed by atoms with E-state index in [0.29, 0.717) is 18.2 Å². The zero-order chi connectivity index (χ0) is 16.1. The predicted octanol–water partition coefficient (Wildman–Crippen LogP) is 3.67. The van der Waals surface area contributed by atoms with Crippen molar-refractivity contribution in [2.24, 2.45) is 0 Å². The van der Waals surface area contributed by atoms with Gasteiger partial charge >= 0.3 is 0 Å². The molecule has 5 nitrogen and oxygen atoms in total. The van der Waals surface area contributed by atoms with Crippen LogP contribution in [0.5, 0.6) is 0 Å². The Labute approximate surface area is 139 Å². The Morgan fingerprint density at radius 1 is 1.32 bits per heavy atom. The van der Waals surface area contributed by atoms with Crippen LogP contribution in [0.25, 0.3) is 0 Å². The molecule has 0 bridgehead atoms. The number of carbonyl (C=O) groups excluding carboxylic acids is 1. The van der Waals surface area contributed by atoms with Crippen molar-refractivity contribution in [3.8, 4) is 0 Å². The van der Waals surface area contributed by atoms with Crippen molar-refractivity contribution >= 4 is 34.8 Å². The fraction of sp³-hybridized carbons (Fsp3) is 0.400. The first-order valence-corrected chi connectivity index (χ1v) is 7.92. The number of rotatable bonds is 6. The number of hydrogen-bond acceptors (Lipinski definition) is 4. The maximum Gasteiger partial charge on any atom is 0.245 e. The maximum atomic E-state index is 12.6. The molecule has 0 aliphatic carbocycles. The van der Waals surface area contributed by atoms with Gasteiger partial charge in [0.05, 0.1) is 0 Å². The van der Waals surface area contributed by atoms with Gasteiger partial charge < -0.3 is 9.32 Å². The average Bonchev–Trinajstić information content (AvgIpc) is 2.99. The number of nitrogens with zero attached hydrogens (tertiary/aromatic N) is 3. The van der Waals surface area contributed by atoms with Gasteiger partial charge in [-0.25, -0.2) is 0 Å². The van der Waals surface area contributed by atoms with Crippen LogP contribution in [-0.2, 0) is 17.2 Å². The molecule has 1 amide bonds. The molecule has 0 spiro atoms. The summed E-state index contributed by atoms with van der Waals surface area (Å²) in [5.74, 6) is 0.598. The van der Waals surface area contributed by atoms with Crippen molar-refractivity contribution in [3.05, 3.63) is 41.6 Å². The summed E-state index contributed by atoms with van der Waals surface area (Å²) in [7, 11) is 0. The van der Waals surface area contributed by atoms with Gasteiger partial charge in [-0.1, -0.05) is 25.1 Å². The van der Waals surface area contributed by atoms with Crippen molar-refractivity contribution in [1.29, 1.82) is 0 Å². The fourth-order valence-electron chi connectivity index (χ4n) is 2.03. The highest BCUT2D eigenvalue weighted by molar-refractivity contribution is 6.32. The molecule has 7 heteroatoms. The van der Waals surface area contributed by atoms with Crippen molar-refractivity contribution in [2.45, 2.75) is 38.1 Å². The monoisotopic (exact) mass is 341 g/mol. The van der Waals surface area contributed by atoms with Gasteiger partial charge in [0.2, 0.25) is 17.7 Å². The predicted molar refractivity (Wildman–Crippen MR) is 86.2 cm³/mol. The SMILES string of the molecule is CCC(Cl)C(=O)N(Cc1nnc(CCl)o1)c1ccccc1C. The molecule has 0 saturated heterocycles. The molecule has 0 saturated carbocycles. The summed E-state index contributed by atoms with van der Waals surface area (Å²) in [4.78, 5) is 14.2. The molecule has 0 fully saturated rings. The molecule has 2 rings (SSSR count). The summed E-state index contributed by atoms with van der Waals surface area (Å²) in [6.45, 7) is 3.96. The lowest BCUT2D eigenvalue weighted by atomic mass is 10.1. The highest BCUT2D eigenvalue weighted by Gasteiger charge is 2.25. The zero-order valence-electron chi connectivity index (χ0n) is 12.4. The van der Waals surface area contributed by atoms with E-state index in [1.807, 2.05) is 38.1 Å². The summed E-state index contributed by atoms with van der Waals surface area (Å²) in [5, 5.41) is 7.12.